The van der Waals surface area contributed by atoms with Crippen molar-refractivity contribution in [3.8, 4) is 0 Å². The molecule has 1 aromatic carbocycles. The summed E-state index contributed by atoms with van der Waals surface area (Å²) in [6, 6.07) is 9.07. The van der Waals surface area contributed by atoms with Crippen LogP contribution in [0.5, 0.6) is 0 Å². The third-order valence-corrected chi connectivity index (χ3v) is 1.32. The van der Waals surface area contributed by atoms with E-state index in [1.807, 2.05) is 25.1 Å². The summed E-state index contributed by atoms with van der Waals surface area (Å²) in [5, 5.41) is 3.76. The number of carbonyl (C=O) groups excluding carboxylic acids is 1. The molecule has 0 N–H and O–H groups in total. The molecule has 0 atom stereocenters. The zero-order valence-electron chi connectivity index (χ0n) is 6.45. The van der Waals surface area contributed by atoms with Crippen molar-refractivity contribution in [2.75, 3.05) is 6.54 Å². The molecule has 0 saturated carbocycles. The van der Waals surface area contributed by atoms with Crippen LogP contribution >= 0.6 is 0 Å². The molecule has 0 spiro atoms. The molecule has 0 heterocycles. The van der Waals surface area contributed by atoms with E-state index in [1.54, 1.807) is 12.1 Å². The molecule has 59 valence electrons. The Morgan fingerprint density at radius 3 is 2.42 bits per heavy atom. The van der Waals surface area contributed by atoms with Gasteiger partial charge in [-0.2, -0.15) is 0 Å². The number of rotatable bonds is 2. The third-order valence-electron chi connectivity index (χ3n) is 1.32. The molecule has 0 fully saturated rings. The van der Waals surface area contributed by atoms with Crippen LogP contribution in [0.15, 0.2) is 30.3 Å². The van der Waals surface area contributed by atoms with Gasteiger partial charge in [-0.05, 0) is 19.1 Å². The molecule has 0 aromatic heterocycles. The van der Waals surface area contributed by atoms with Crippen LogP contribution in [0.4, 0.5) is 0 Å². The maximum atomic E-state index is 11.1. The summed E-state index contributed by atoms with van der Waals surface area (Å²) in [6.45, 7) is 2.40. The Morgan fingerprint density at radius 1 is 1.33 bits per heavy atom. The maximum absolute atomic E-state index is 11.1. The van der Waals surface area contributed by atoms with Crippen LogP contribution < -0.4 is 5.32 Å². The average molecular weight is 156 g/mol. The van der Waals surface area contributed by atoms with Gasteiger partial charge in [0.2, 0.25) is 0 Å². The fourth-order valence-electron chi connectivity index (χ4n) is 0.816. The minimum absolute atomic E-state index is 0. The topological polar surface area (TPSA) is 31.2 Å². The number of hydrogen-bond donors (Lipinski definition) is 0. The Bertz CT molecular complexity index is 236. The van der Waals surface area contributed by atoms with E-state index in [2.05, 4.69) is 5.32 Å². The van der Waals surface area contributed by atoms with Crippen LogP contribution in [0.25, 0.3) is 0 Å². The van der Waals surface area contributed by atoms with Gasteiger partial charge in [0.1, 0.15) is 0 Å². The van der Waals surface area contributed by atoms with Crippen molar-refractivity contribution in [2.45, 2.75) is 6.92 Å². The molecular weight excluding hydrogens is 145 g/mol. The second-order valence-corrected chi connectivity index (χ2v) is 2.15. The monoisotopic (exact) mass is 156 g/mol. The Kier molecular flexibility index (Phi) is 5.53. The van der Waals surface area contributed by atoms with E-state index in [0.717, 1.165) is 0 Å². The first kappa shape index (κ1) is 11.3. The normalized spacial score (nSPS) is 8.42. The Balaban J connectivity index is 0.00000121. The molecule has 1 rings (SSSR count). The van der Waals surface area contributed by atoms with Crippen LogP contribution in [0.2, 0.25) is 0 Å². The van der Waals surface area contributed by atoms with E-state index in [0.29, 0.717) is 12.1 Å². The van der Waals surface area contributed by atoms with Crippen LogP contribution in [-0.2, 0) is 0 Å². The SMILES string of the molecule is CC[N]C(=O)c1ccccc1.[LiH]. The first-order chi connectivity index (χ1) is 5.34. The second-order valence-electron chi connectivity index (χ2n) is 2.15. The molecule has 3 heteroatoms. The summed E-state index contributed by atoms with van der Waals surface area (Å²) in [5.41, 5.74) is 0.661. The summed E-state index contributed by atoms with van der Waals surface area (Å²) in [5.74, 6) is -0.131. The van der Waals surface area contributed by atoms with E-state index >= 15 is 0 Å². The number of carbonyl (C=O) groups is 1. The van der Waals surface area contributed by atoms with Gasteiger partial charge in [-0.1, -0.05) is 18.2 Å². The van der Waals surface area contributed by atoms with Gasteiger partial charge < -0.3 is 0 Å². The fraction of sp³-hybridized carbons (Fsp3) is 0.222. The van der Waals surface area contributed by atoms with Gasteiger partial charge in [-0.25, -0.2) is 5.32 Å². The minimum atomic E-state index is -0.131. The molecule has 1 aromatic rings. The Hall–Kier alpha value is -0.713. The van der Waals surface area contributed by atoms with Crippen molar-refractivity contribution in [2.24, 2.45) is 0 Å². The molecule has 0 aliphatic carbocycles. The van der Waals surface area contributed by atoms with E-state index < -0.39 is 0 Å². The fourth-order valence-corrected chi connectivity index (χ4v) is 0.816. The van der Waals surface area contributed by atoms with Gasteiger partial charge >= 0.3 is 18.9 Å². The van der Waals surface area contributed by atoms with Crippen molar-refractivity contribution in [3.05, 3.63) is 35.9 Å². The summed E-state index contributed by atoms with van der Waals surface area (Å²) in [4.78, 5) is 11.1. The molecule has 12 heavy (non-hydrogen) atoms. The van der Waals surface area contributed by atoms with Crippen molar-refractivity contribution < 1.29 is 4.79 Å². The molecule has 0 bridgehead atoms. The number of amides is 1. The van der Waals surface area contributed by atoms with Gasteiger partial charge in [0.05, 0.1) is 0 Å². The van der Waals surface area contributed by atoms with Crippen molar-refractivity contribution >= 4 is 24.8 Å². The second kappa shape index (κ2) is 5.88. The molecule has 1 amide bonds. The predicted molar refractivity (Wildman–Crippen MR) is 50.6 cm³/mol. The molecule has 2 nitrogen and oxygen atoms in total. The number of hydrogen-bond acceptors (Lipinski definition) is 1. The zero-order valence-corrected chi connectivity index (χ0v) is 6.45. The molecule has 1 radical (unpaired) electrons. The summed E-state index contributed by atoms with van der Waals surface area (Å²) in [7, 11) is 0. The standard InChI is InChI=1S/C9H10NO.Li.H/c1-2-10-9(11)8-6-4-3-5-7-8;;/h3-7H,2H2,1H3;;. The van der Waals surface area contributed by atoms with Gasteiger partial charge in [0, 0.05) is 12.1 Å². The quantitative estimate of drug-likeness (QED) is 0.583. The number of benzene rings is 1. The van der Waals surface area contributed by atoms with Crippen LogP contribution in [0, 0.1) is 0 Å². The summed E-state index contributed by atoms with van der Waals surface area (Å²) in [6.07, 6.45) is 0. The zero-order chi connectivity index (χ0) is 8.10. The molecule has 0 aliphatic heterocycles. The first-order valence-corrected chi connectivity index (χ1v) is 3.61. The summed E-state index contributed by atoms with van der Waals surface area (Å²) < 4.78 is 0. The van der Waals surface area contributed by atoms with Gasteiger partial charge in [0.15, 0.2) is 0 Å². The first-order valence-electron chi connectivity index (χ1n) is 3.61. The number of nitrogens with zero attached hydrogens (tertiary/aromatic N) is 1. The summed E-state index contributed by atoms with van der Waals surface area (Å²) >= 11 is 0. The van der Waals surface area contributed by atoms with E-state index in [4.69, 9.17) is 0 Å². The molecular formula is C9H11LiNO. The molecule has 0 unspecified atom stereocenters. The van der Waals surface area contributed by atoms with Gasteiger partial charge in [0.25, 0.3) is 5.91 Å². The van der Waals surface area contributed by atoms with Crippen LogP contribution in [0.1, 0.15) is 17.3 Å². The van der Waals surface area contributed by atoms with Gasteiger partial charge in [-0.15, -0.1) is 0 Å². The van der Waals surface area contributed by atoms with E-state index in [9.17, 15) is 4.79 Å². The average Bonchev–Trinajstić information content (AvgIpc) is 2.07. The van der Waals surface area contributed by atoms with Crippen LogP contribution in [0.3, 0.4) is 0 Å². The Morgan fingerprint density at radius 2 is 1.92 bits per heavy atom. The molecule has 0 aliphatic rings. The molecule has 0 saturated heterocycles. The van der Waals surface area contributed by atoms with Gasteiger partial charge in [-0.3, -0.25) is 4.79 Å². The van der Waals surface area contributed by atoms with E-state index in [-0.39, 0.29) is 24.8 Å². The van der Waals surface area contributed by atoms with E-state index in [1.165, 1.54) is 0 Å². The Labute approximate surface area is 84.5 Å². The van der Waals surface area contributed by atoms with Crippen molar-refractivity contribution in [1.29, 1.82) is 0 Å². The van der Waals surface area contributed by atoms with Crippen LogP contribution in [-0.4, -0.2) is 31.3 Å². The van der Waals surface area contributed by atoms with Crippen molar-refractivity contribution in [1.82, 2.24) is 5.32 Å². The predicted octanol–water partition coefficient (Wildman–Crippen LogP) is 0.803. The van der Waals surface area contributed by atoms with Crippen molar-refractivity contribution in [3.63, 3.8) is 0 Å². The third kappa shape index (κ3) is 3.12.